The second-order valence-electron chi connectivity index (χ2n) is 5.55. The van der Waals surface area contributed by atoms with Gasteiger partial charge < -0.3 is 9.47 Å². The highest BCUT2D eigenvalue weighted by Gasteiger charge is 2.27. The summed E-state index contributed by atoms with van der Waals surface area (Å²) in [6, 6.07) is 12.3. The first kappa shape index (κ1) is 15.8. The van der Waals surface area contributed by atoms with Crippen LogP contribution in [0.25, 0.3) is 0 Å². The Morgan fingerprint density at radius 2 is 1.96 bits per heavy atom. The number of nitrogens with one attached hydrogen (secondary N) is 1. The molecule has 0 aliphatic carbocycles. The van der Waals surface area contributed by atoms with Crippen molar-refractivity contribution >= 4 is 10.0 Å². The van der Waals surface area contributed by atoms with Crippen molar-refractivity contribution in [1.82, 2.24) is 4.72 Å². The van der Waals surface area contributed by atoms with Gasteiger partial charge in [0.25, 0.3) is 0 Å². The van der Waals surface area contributed by atoms with E-state index in [1.807, 2.05) is 24.3 Å². The summed E-state index contributed by atoms with van der Waals surface area (Å²) in [5, 5.41) is 0. The Kier molecular flexibility index (Phi) is 4.28. The Bertz CT molecular complexity index is 817. The van der Waals surface area contributed by atoms with Crippen LogP contribution in [-0.2, 0) is 16.4 Å². The van der Waals surface area contributed by atoms with Crippen LogP contribution in [0.4, 0.5) is 0 Å². The summed E-state index contributed by atoms with van der Waals surface area (Å²) in [5.74, 6) is 1.36. The van der Waals surface area contributed by atoms with Crippen LogP contribution in [0.15, 0.2) is 47.4 Å². The molecule has 0 amide bonds. The highest BCUT2D eigenvalue weighted by Crippen LogP contribution is 2.34. The maximum atomic E-state index is 12.6. The van der Waals surface area contributed by atoms with Gasteiger partial charge in [-0.15, -0.1) is 0 Å². The predicted molar refractivity (Wildman–Crippen MR) is 87.5 cm³/mol. The molecule has 0 spiro atoms. The van der Waals surface area contributed by atoms with Crippen molar-refractivity contribution in [3.63, 3.8) is 0 Å². The van der Waals surface area contributed by atoms with Crippen molar-refractivity contribution < 1.29 is 17.9 Å². The number of para-hydroxylation sites is 1. The number of sulfonamides is 1. The molecule has 122 valence electrons. The number of fused-ring (bicyclic) bond motifs is 1. The third-order valence-electron chi connectivity index (χ3n) is 3.88. The van der Waals surface area contributed by atoms with Gasteiger partial charge in [0.05, 0.1) is 18.0 Å². The fourth-order valence-corrected chi connectivity index (χ4v) is 4.24. The molecule has 23 heavy (non-hydrogen) atoms. The summed E-state index contributed by atoms with van der Waals surface area (Å²) < 4.78 is 38.9. The number of hydrogen-bond acceptors (Lipinski definition) is 4. The van der Waals surface area contributed by atoms with Crippen LogP contribution in [0.1, 0.15) is 11.1 Å². The van der Waals surface area contributed by atoms with Gasteiger partial charge in [-0.3, -0.25) is 0 Å². The molecule has 1 aliphatic heterocycles. The van der Waals surface area contributed by atoms with Crippen LogP contribution < -0.4 is 14.2 Å². The van der Waals surface area contributed by atoms with Gasteiger partial charge in [0.15, 0.2) is 11.5 Å². The smallest absolute Gasteiger partial charge is 0.241 e. The second-order valence-corrected chi connectivity index (χ2v) is 7.23. The average molecular weight is 333 g/mol. The standard InChI is InChI=1S/C17H19NO4S/c1-12-6-3-4-9-16(12)23(19,20)18-14-10-13-7-5-8-15(21-2)17(13)22-11-14/h3-9,14,18H,10-11H2,1-2H3/t14-/m1/s1. The maximum Gasteiger partial charge on any atom is 0.241 e. The lowest BCUT2D eigenvalue weighted by Crippen LogP contribution is -2.42. The average Bonchev–Trinajstić information content (AvgIpc) is 2.54. The summed E-state index contributed by atoms with van der Waals surface area (Å²) in [6.45, 7) is 2.06. The van der Waals surface area contributed by atoms with E-state index in [2.05, 4.69) is 4.72 Å². The highest BCUT2D eigenvalue weighted by atomic mass is 32.2. The normalized spacial score (nSPS) is 17.2. The van der Waals surface area contributed by atoms with Crippen LogP contribution in [-0.4, -0.2) is 28.2 Å². The number of rotatable bonds is 4. The van der Waals surface area contributed by atoms with E-state index in [-0.39, 0.29) is 12.6 Å². The van der Waals surface area contributed by atoms with E-state index in [1.54, 1.807) is 32.2 Å². The molecule has 1 aliphatic rings. The zero-order valence-electron chi connectivity index (χ0n) is 13.1. The van der Waals surface area contributed by atoms with E-state index < -0.39 is 10.0 Å². The van der Waals surface area contributed by atoms with Gasteiger partial charge in [-0.25, -0.2) is 13.1 Å². The summed E-state index contributed by atoms with van der Waals surface area (Å²) in [6.07, 6.45) is 0.567. The first-order valence-electron chi connectivity index (χ1n) is 7.38. The fraction of sp³-hybridized carbons (Fsp3) is 0.294. The molecule has 2 aromatic rings. The quantitative estimate of drug-likeness (QED) is 0.932. The van der Waals surface area contributed by atoms with Gasteiger partial charge in [0.2, 0.25) is 10.0 Å². The molecule has 0 bridgehead atoms. The van der Waals surface area contributed by atoms with E-state index in [4.69, 9.17) is 9.47 Å². The molecule has 0 fully saturated rings. The Hall–Kier alpha value is -2.05. The van der Waals surface area contributed by atoms with Crippen molar-refractivity contribution in [1.29, 1.82) is 0 Å². The minimum absolute atomic E-state index is 0.276. The molecular weight excluding hydrogens is 314 g/mol. The molecule has 5 nitrogen and oxygen atoms in total. The maximum absolute atomic E-state index is 12.6. The van der Waals surface area contributed by atoms with Crippen molar-refractivity contribution in [3.8, 4) is 11.5 Å². The summed E-state index contributed by atoms with van der Waals surface area (Å²) in [7, 11) is -1.98. The minimum Gasteiger partial charge on any atom is -0.493 e. The molecule has 0 saturated heterocycles. The molecular formula is C17H19NO4S. The van der Waals surface area contributed by atoms with Crippen LogP contribution >= 0.6 is 0 Å². The van der Waals surface area contributed by atoms with Crippen LogP contribution in [0.2, 0.25) is 0 Å². The van der Waals surface area contributed by atoms with E-state index >= 15 is 0 Å². The number of ether oxygens (including phenoxy) is 2. The zero-order valence-corrected chi connectivity index (χ0v) is 13.9. The molecule has 6 heteroatoms. The lowest BCUT2D eigenvalue weighted by Gasteiger charge is -2.27. The van der Waals surface area contributed by atoms with E-state index in [0.717, 1.165) is 11.1 Å². The molecule has 0 saturated carbocycles. The SMILES string of the molecule is COc1cccc2c1OC[C@H](NS(=O)(=O)c1ccccc1C)C2. The number of hydrogen-bond donors (Lipinski definition) is 1. The molecule has 1 heterocycles. The first-order valence-corrected chi connectivity index (χ1v) is 8.86. The van der Waals surface area contributed by atoms with E-state index in [1.165, 1.54) is 0 Å². The Morgan fingerprint density at radius 1 is 1.17 bits per heavy atom. The summed E-state index contributed by atoms with van der Waals surface area (Å²) in [5.41, 5.74) is 1.66. The van der Waals surface area contributed by atoms with Crippen LogP contribution in [0.3, 0.4) is 0 Å². The molecule has 2 aromatic carbocycles. The lowest BCUT2D eigenvalue weighted by atomic mass is 10.0. The summed E-state index contributed by atoms with van der Waals surface area (Å²) >= 11 is 0. The molecule has 3 rings (SSSR count). The van der Waals surface area contributed by atoms with E-state index in [0.29, 0.717) is 22.8 Å². The molecule has 1 atom stereocenters. The molecule has 1 N–H and O–H groups in total. The van der Waals surface area contributed by atoms with Crippen molar-refractivity contribution in [2.75, 3.05) is 13.7 Å². The van der Waals surface area contributed by atoms with E-state index in [9.17, 15) is 8.42 Å². The minimum atomic E-state index is -3.57. The van der Waals surface area contributed by atoms with Crippen LogP contribution in [0, 0.1) is 6.92 Å². The third-order valence-corrected chi connectivity index (χ3v) is 5.56. The summed E-state index contributed by atoms with van der Waals surface area (Å²) in [4.78, 5) is 0.302. The van der Waals surface area contributed by atoms with Gasteiger partial charge in [0, 0.05) is 0 Å². The first-order chi connectivity index (χ1) is 11.0. The topological polar surface area (TPSA) is 64.6 Å². The highest BCUT2D eigenvalue weighted by molar-refractivity contribution is 7.89. The second kappa shape index (κ2) is 6.22. The van der Waals surface area contributed by atoms with Gasteiger partial charge in [-0.1, -0.05) is 30.3 Å². The van der Waals surface area contributed by atoms with Gasteiger partial charge in [0.1, 0.15) is 6.61 Å². The predicted octanol–water partition coefficient (Wildman–Crippen LogP) is 2.29. The zero-order chi connectivity index (χ0) is 16.4. The van der Waals surface area contributed by atoms with Gasteiger partial charge >= 0.3 is 0 Å². The van der Waals surface area contributed by atoms with Crippen molar-refractivity contribution in [3.05, 3.63) is 53.6 Å². The number of benzene rings is 2. The number of methoxy groups -OCH3 is 1. The Balaban J connectivity index is 1.81. The monoisotopic (exact) mass is 333 g/mol. The largest absolute Gasteiger partial charge is 0.493 e. The fourth-order valence-electron chi connectivity index (χ4n) is 2.77. The number of aryl methyl sites for hydroxylation is 1. The Labute approximate surface area is 136 Å². The molecule has 0 aromatic heterocycles. The van der Waals surface area contributed by atoms with Crippen molar-refractivity contribution in [2.24, 2.45) is 0 Å². The van der Waals surface area contributed by atoms with Crippen LogP contribution in [0.5, 0.6) is 11.5 Å². The van der Waals surface area contributed by atoms with Gasteiger partial charge in [-0.2, -0.15) is 0 Å². The Morgan fingerprint density at radius 3 is 2.70 bits per heavy atom. The lowest BCUT2D eigenvalue weighted by molar-refractivity contribution is 0.240. The van der Waals surface area contributed by atoms with Crippen molar-refractivity contribution in [2.45, 2.75) is 24.3 Å². The molecule has 0 unspecified atom stereocenters. The third kappa shape index (κ3) is 3.18. The molecule has 0 radical (unpaired) electrons. The van der Waals surface area contributed by atoms with Gasteiger partial charge in [-0.05, 0) is 36.6 Å².